The lowest BCUT2D eigenvalue weighted by atomic mass is 10.1. The van der Waals surface area contributed by atoms with Gasteiger partial charge in [0.1, 0.15) is 0 Å². The molecule has 0 aromatic carbocycles. The predicted molar refractivity (Wildman–Crippen MR) is 65.0 cm³/mol. The number of aromatic amines is 1. The van der Waals surface area contributed by atoms with Crippen molar-refractivity contribution in [2.75, 3.05) is 13.1 Å². The van der Waals surface area contributed by atoms with E-state index in [2.05, 4.69) is 24.1 Å². The molecule has 92 valence electrons. The number of H-pyrrole nitrogens is 1. The lowest BCUT2D eigenvalue weighted by molar-refractivity contribution is 0.0673. The highest BCUT2D eigenvalue weighted by Crippen LogP contribution is 2.08. The Bertz CT molecular complexity index is 439. The number of hydrogen-bond acceptors (Lipinski definition) is 3. The average Bonchev–Trinajstić information content (AvgIpc) is 2.28. The second-order valence-corrected chi connectivity index (χ2v) is 4.62. The van der Waals surface area contributed by atoms with Crippen LogP contribution in [-0.2, 0) is 0 Å². The van der Waals surface area contributed by atoms with Crippen molar-refractivity contribution in [2.45, 2.75) is 25.9 Å². The van der Waals surface area contributed by atoms with Gasteiger partial charge in [0.05, 0.1) is 5.56 Å². The first kappa shape index (κ1) is 11.9. The quantitative estimate of drug-likeness (QED) is 0.730. The fourth-order valence-corrected chi connectivity index (χ4v) is 2.22. The fourth-order valence-electron chi connectivity index (χ4n) is 2.22. The molecular formula is C12H17N3O2. The number of hydrogen-bond donors (Lipinski definition) is 2. The molecule has 2 N–H and O–H groups in total. The maximum atomic E-state index is 12.2. The van der Waals surface area contributed by atoms with Gasteiger partial charge in [-0.3, -0.25) is 9.59 Å². The summed E-state index contributed by atoms with van der Waals surface area (Å²) >= 11 is 0. The number of nitrogens with one attached hydrogen (secondary N) is 2. The van der Waals surface area contributed by atoms with Gasteiger partial charge < -0.3 is 15.2 Å². The molecule has 2 rings (SSSR count). The molecule has 2 heterocycles. The van der Waals surface area contributed by atoms with Gasteiger partial charge in [0.25, 0.3) is 5.91 Å². The second-order valence-electron chi connectivity index (χ2n) is 4.62. The SMILES string of the molecule is CC1CN(C(=O)c2ccc(=O)[nH]c2)CC(C)N1. The third-order valence-electron chi connectivity index (χ3n) is 2.88. The molecule has 5 nitrogen and oxygen atoms in total. The van der Waals surface area contributed by atoms with E-state index in [1.165, 1.54) is 12.3 Å². The summed E-state index contributed by atoms with van der Waals surface area (Å²) in [5.41, 5.74) is 0.342. The van der Waals surface area contributed by atoms with E-state index in [0.717, 1.165) is 0 Å². The van der Waals surface area contributed by atoms with Crippen LogP contribution in [0.5, 0.6) is 0 Å². The molecule has 1 saturated heterocycles. The number of rotatable bonds is 1. The number of amides is 1. The largest absolute Gasteiger partial charge is 0.335 e. The van der Waals surface area contributed by atoms with Crippen molar-refractivity contribution < 1.29 is 4.79 Å². The van der Waals surface area contributed by atoms with Gasteiger partial charge in [0, 0.05) is 37.4 Å². The van der Waals surface area contributed by atoms with Gasteiger partial charge in [-0.05, 0) is 19.9 Å². The molecule has 2 atom stereocenters. The Morgan fingerprint density at radius 3 is 2.47 bits per heavy atom. The molecule has 0 saturated carbocycles. The minimum Gasteiger partial charge on any atom is -0.335 e. The van der Waals surface area contributed by atoms with E-state index in [1.54, 1.807) is 6.07 Å². The number of pyridine rings is 1. The number of piperazine rings is 1. The van der Waals surface area contributed by atoms with Gasteiger partial charge in [-0.25, -0.2) is 0 Å². The zero-order valence-corrected chi connectivity index (χ0v) is 10.1. The van der Waals surface area contributed by atoms with E-state index in [9.17, 15) is 9.59 Å². The van der Waals surface area contributed by atoms with Crippen molar-refractivity contribution in [3.8, 4) is 0 Å². The van der Waals surface area contributed by atoms with Crippen LogP contribution >= 0.6 is 0 Å². The molecule has 0 bridgehead atoms. The number of nitrogens with zero attached hydrogens (tertiary/aromatic N) is 1. The monoisotopic (exact) mass is 235 g/mol. The van der Waals surface area contributed by atoms with Gasteiger partial charge in [0.15, 0.2) is 0 Å². The van der Waals surface area contributed by atoms with Gasteiger partial charge in [-0.1, -0.05) is 0 Å². The molecule has 1 aromatic heterocycles. The van der Waals surface area contributed by atoms with Crippen LogP contribution in [0.15, 0.2) is 23.1 Å². The van der Waals surface area contributed by atoms with E-state index in [-0.39, 0.29) is 11.5 Å². The molecule has 1 fully saturated rings. The molecule has 0 radical (unpaired) electrons. The summed E-state index contributed by atoms with van der Waals surface area (Å²) in [6.45, 7) is 5.51. The highest BCUT2D eigenvalue weighted by atomic mass is 16.2. The summed E-state index contributed by atoms with van der Waals surface area (Å²) in [6, 6.07) is 3.54. The smallest absolute Gasteiger partial charge is 0.255 e. The molecule has 0 spiro atoms. The van der Waals surface area contributed by atoms with Crippen LogP contribution in [0.1, 0.15) is 24.2 Å². The van der Waals surface area contributed by atoms with Gasteiger partial charge in [-0.15, -0.1) is 0 Å². The molecule has 17 heavy (non-hydrogen) atoms. The summed E-state index contributed by atoms with van der Waals surface area (Å²) < 4.78 is 0. The molecule has 1 amide bonds. The minimum atomic E-state index is -0.191. The van der Waals surface area contributed by atoms with E-state index in [0.29, 0.717) is 30.7 Å². The van der Waals surface area contributed by atoms with Crippen molar-refractivity contribution in [3.05, 3.63) is 34.2 Å². The van der Waals surface area contributed by atoms with Crippen LogP contribution in [0, 0.1) is 0 Å². The van der Waals surface area contributed by atoms with E-state index in [4.69, 9.17) is 0 Å². The molecule has 1 aliphatic heterocycles. The topological polar surface area (TPSA) is 65.2 Å². The van der Waals surface area contributed by atoms with Crippen molar-refractivity contribution in [2.24, 2.45) is 0 Å². The van der Waals surface area contributed by atoms with Crippen molar-refractivity contribution >= 4 is 5.91 Å². The molecule has 1 aromatic rings. The van der Waals surface area contributed by atoms with Crippen molar-refractivity contribution in [1.29, 1.82) is 0 Å². The predicted octanol–water partition coefficient (Wildman–Crippen LogP) is 0.197. The Balaban J connectivity index is 2.14. The molecule has 2 unspecified atom stereocenters. The standard InChI is InChI=1S/C12H17N3O2/c1-8-6-15(7-9(2)14-8)12(17)10-3-4-11(16)13-5-10/h3-5,8-9,14H,6-7H2,1-2H3,(H,13,16). The Hall–Kier alpha value is -1.62. The highest BCUT2D eigenvalue weighted by Gasteiger charge is 2.25. The lowest BCUT2D eigenvalue weighted by Gasteiger charge is -2.36. The van der Waals surface area contributed by atoms with Crippen LogP contribution in [-0.4, -0.2) is 41.0 Å². The zero-order valence-electron chi connectivity index (χ0n) is 10.1. The molecule has 0 aliphatic carbocycles. The van der Waals surface area contributed by atoms with Crippen LogP contribution < -0.4 is 10.9 Å². The Kier molecular flexibility index (Phi) is 3.28. The minimum absolute atomic E-state index is 0.0264. The fraction of sp³-hybridized carbons (Fsp3) is 0.500. The summed E-state index contributed by atoms with van der Waals surface area (Å²) in [5, 5.41) is 3.37. The van der Waals surface area contributed by atoms with Gasteiger partial charge in [-0.2, -0.15) is 0 Å². The van der Waals surface area contributed by atoms with Crippen LogP contribution in [0.2, 0.25) is 0 Å². The highest BCUT2D eigenvalue weighted by molar-refractivity contribution is 5.94. The lowest BCUT2D eigenvalue weighted by Crippen LogP contribution is -2.55. The Labute approximate surface area is 99.8 Å². The van der Waals surface area contributed by atoms with Gasteiger partial charge >= 0.3 is 0 Å². The van der Waals surface area contributed by atoms with Crippen molar-refractivity contribution in [3.63, 3.8) is 0 Å². The maximum Gasteiger partial charge on any atom is 0.255 e. The summed E-state index contributed by atoms with van der Waals surface area (Å²) in [4.78, 5) is 27.5. The number of aromatic nitrogens is 1. The van der Waals surface area contributed by atoms with E-state index >= 15 is 0 Å². The normalized spacial score (nSPS) is 24.7. The average molecular weight is 235 g/mol. The molecular weight excluding hydrogens is 218 g/mol. The zero-order chi connectivity index (χ0) is 12.4. The first-order chi connectivity index (χ1) is 8.06. The summed E-state index contributed by atoms with van der Waals surface area (Å²) in [6.07, 6.45) is 1.47. The molecule has 1 aliphatic rings. The van der Waals surface area contributed by atoms with Crippen molar-refractivity contribution in [1.82, 2.24) is 15.2 Å². The summed E-state index contributed by atoms with van der Waals surface area (Å²) in [5.74, 6) is -0.0264. The maximum absolute atomic E-state index is 12.2. The number of carbonyl (C=O) groups excluding carboxylic acids is 1. The third-order valence-corrected chi connectivity index (χ3v) is 2.88. The van der Waals surface area contributed by atoms with Crippen LogP contribution in [0.4, 0.5) is 0 Å². The molecule has 5 heteroatoms. The van der Waals surface area contributed by atoms with E-state index in [1.807, 2.05) is 4.90 Å². The Morgan fingerprint density at radius 2 is 1.94 bits per heavy atom. The van der Waals surface area contributed by atoms with Crippen LogP contribution in [0.25, 0.3) is 0 Å². The van der Waals surface area contributed by atoms with E-state index < -0.39 is 0 Å². The first-order valence-corrected chi connectivity index (χ1v) is 5.80. The first-order valence-electron chi connectivity index (χ1n) is 5.80. The summed E-state index contributed by atoms with van der Waals surface area (Å²) in [7, 11) is 0. The Morgan fingerprint density at radius 1 is 1.29 bits per heavy atom. The van der Waals surface area contributed by atoms with Gasteiger partial charge in [0.2, 0.25) is 5.56 Å². The third kappa shape index (κ3) is 2.74. The van der Waals surface area contributed by atoms with Crippen LogP contribution in [0.3, 0.4) is 0 Å². The number of carbonyl (C=O) groups is 1. The second kappa shape index (κ2) is 4.71.